The molecular formula is C14H21NO3. The number of carbonyl (C=O) groups is 1. The van der Waals surface area contributed by atoms with Gasteiger partial charge in [0.25, 0.3) is 0 Å². The summed E-state index contributed by atoms with van der Waals surface area (Å²) in [7, 11) is 0. The molecule has 0 fully saturated rings. The first kappa shape index (κ1) is 14.5. The van der Waals surface area contributed by atoms with Crippen LogP contribution < -0.4 is 10.1 Å². The quantitative estimate of drug-likeness (QED) is 0.806. The molecule has 0 atom stereocenters. The molecule has 0 aliphatic rings. The number of hydrogen-bond donors (Lipinski definition) is 2. The topological polar surface area (TPSA) is 58.6 Å². The summed E-state index contributed by atoms with van der Waals surface area (Å²) in [6, 6.07) is 7.47. The molecule has 1 rings (SSSR count). The number of hydrogen-bond acceptors (Lipinski definition) is 3. The highest BCUT2D eigenvalue weighted by molar-refractivity contribution is 5.79. The van der Waals surface area contributed by atoms with Crippen molar-refractivity contribution in [2.75, 3.05) is 13.2 Å². The normalized spacial score (nSPS) is 11.1. The Bertz CT molecular complexity index is 402. The van der Waals surface area contributed by atoms with Crippen LogP contribution in [0.4, 0.5) is 0 Å². The van der Waals surface area contributed by atoms with Crippen LogP contribution in [0.25, 0.3) is 0 Å². The summed E-state index contributed by atoms with van der Waals surface area (Å²) in [5, 5.41) is 11.9. The van der Waals surface area contributed by atoms with Crippen molar-refractivity contribution in [1.29, 1.82) is 0 Å². The molecule has 1 aromatic carbocycles. The number of benzene rings is 1. The molecule has 0 unspecified atom stereocenters. The molecule has 0 radical (unpaired) electrons. The highest BCUT2D eigenvalue weighted by Crippen LogP contribution is 2.14. The van der Waals surface area contributed by atoms with Gasteiger partial charge in [-0.3, -0.25) is 4.79 Å². The SMILES string of the molecule is CCOc1cccc(CC(=O)NC(C)(C)CO)c1. The number of amides is 1. The monoisotopic (exact) mass is 251 g/mol. The molecule has 4 nitrogen and oxygen atoms in total. The third-order valence-corrected chi connectivity index (χ3v) is 2.45. The van der Waals surface area contributed by atoms with Crippen molar-refractivity contribution in [1.82, 2.24) is 5.32 Å². The van der Waals surface area contributed by atoms with Crippen LogP contribution in [0.5, 0.6) is 5.75 Å². The Hall–Kier alpha value is -1.55. The minimum atomic E-state index is -0.589. The van der Waals surface area contributed by atoms with Gasteiger partial charge in [0.2, 0.25) is 5.91 Å². The summed E-state index contributed by atoms with van der Waals surface area (Å²) in [5.41, 5.74) is 0.307. The van der Waals surface area contributed by atoms with Crippen molar-refractivity contribution in [3.63, 3.8) is 0 Å². The van der Waals surface area contributed by atoms with Crippen LogP contribution in [0.1, 0.15) is 26.3 Å². The molecule has 0 aliphatic heterocycles. The smallest absolute Gasteiger partial charge is 0.224 e. The maximum Gasteiger partial charge on any atom is 0.224 e. The van der Waals surface area contributed by atoms with E-state index in [1.807, 2.05) is 31.2 Å². The van der Waals surface area contributed by atoms with Crippen molar-refractivity contribution in [2.24, 2.45) is 0 Å². The summed E-state index contributed by atoms with van der Waals surface area (Å²) >= 11 is 0. The van der Waals surface area contributed by atoms with Crippen LogP contribution in [-0.2, 0) is 11.2 Å². The van der Waals surface area contributed by atoms with Crippen LogP contribution in [0.3, 0.4) is 0 Å². The Labute approximate surface area is 108 Å². The molecule has 0 saturated heterocycles. The molecule has 0 heterocycles. The summed E-state index contributed by atoms with van der Waals surface area (Å²) < 4.78 is 5.38. The van der Waals surface area contributed by atoms with E-state index in [2.05, 4.69) is 5.32 Å². The van der Waals surface area contributed by atoms with Crippen molar-refractivity contribution < 1.29 is 14.6 Å². The van der Waals surface area contributed by atoms with Crippen LogP contribution in [-0.4, -0.2) is 29.8 Å². The summed E-state index contributed by atoms with van der Waals surface area (Å²) in [4.78, 5) is 11.8. The minimum Gasteiger partial charge on any atom is -0.494 e. The molecule has 18 heavy (non-hydrogen) atoms. The number of nitrogens with one attached hydrogen (secondary N) is 1. The molecule has 0 aliphatic carbocycles. The minimum absolute atomic E-state index is 0.0856. The maximum absolute atomic E-state index is 11.8. The van der Waals surface area contributed by atoms with Gasteiger partial charge in [0, 0.05) is 0 Å². The van der Waals surface area contributed by atoms with Crippen LogP contribution in [0.2, 0.25) is 0 Å². The molecule has 2 N–H and O–H groups in total. The first-order valence-corrected chi connectivity index (χ1v) is 6.10. The number of rotatable bonds is 6. The van der Waals surface area contributed by atoms with Gasteiger partial charge < -0.3 is 15.2 Å². The molecule has 0 aromatic heterocycles. The zero-order valence-corrected chi connectivity index (χ0v) is 11.2. The predicted octanol–water partition coefficient (Wildman–Crippen LogP) is 1.51. The van der Waals surface area contributed by atoms with Gasteiger partial charge in [0.1, 0.15) is 5.75 Å². The first-order chi connectivity index (χ1) is 8.46. The Morgan fingerprint density at radius 2 is 2.17 bits per heavy atom. The molecule has 1 aromatic rings. The second-order valence-electron chi connectivity index (χ2n) is 4.85. The van der Waals surface area contributed by atoms with E-state index in [0.717, 1.165) is 11.3 Å². The molecular weight excluding hydrogens is 230 g/mol. The van der Waals surface area contributed by atoms with Gasteiger partial charge in [-0.05, 0) is 38.5 Å². The standard InChI is InChI=1S/C14H21NO3/c1-4-18-12-7-5-6-11(8-12)9-13(17)15-14(2,3)10-16/h5-8,16H,4,9-10H2,1-3H3,(H,15,17). The van der Waals surface area contributed by atoms with E-state index in [4.69, 9.17) is 9.84 Å². The van der Waals surface area contributed by atoms with Crippen LogP contribution >= 0.6 is 0 Å². The fraction of sp³-hybridized carbons (Fsp3) is 0.500. The number of ether oxygens (including phenoxy) is 1. The van der Waals surface area contributed by atoms with E-state index in [1.165, 1.54) is 0 Å². The fourth-order valence-electron chi connectivity index (χ4n) is 1.56. The zero-order valence-electron chi connectivity index (χ0n) is 11.2. The van der Waals surface area contributed by atoms with E-state index in [0.29, 0.717) is 6.61 Å². The number of carbonyl (C=O) groups excluding carboxylic acids is 1. The van der Waals surface area contributed by atoms with Crippen molar-refractivity contribution >= 4 is 5.91 Å². The van der Waals surface area contributed by atoms with E-state index in [9.17, 15) is 4.79 Å². The summed E-state index contributed by atoms with van der Waals surface area (Å²) in [5.74, 6) is 0.659. The largest absolute Gasteiger partial charge is 0.494 e. The summed E-state index contributed by atoms with van der Waals surface area (Å²) in [6.07, 6.45) is 0.282. The lowest BCUT2D eigenvalue weighted by atomic mass is 10.1. The van der Waals surface area contributed by atoms with Gasteiger partial charge in [-0.25, -0.2) is 0 Å². The average Bonchev–Trinajstić information content (AvgIpc) is 2.29. The van der Waals surface area contributed by atoms with Crippen molar-refractivity contribution in [3.05, 3.63) is 29.8 Å². The van der Waals surface area contributed by atoms with Gasteiger partial charge >= 0.3 is 0 Å². The maximum atomic E-state index is 11.8. The second kappa shape index (κ2) is 6.40. The lowest BCUT2D eigenvalue weighted by Crippen LogP contribution is -2.46. The van der Waals surface area contributed by atoms with Crippen LogP contribution in [0.15, 0.2) is 24.3 Å². The lowest BCUT2D eigenvalue weighted by molar-refractivity contribution is -0.122. The first-order valence-electron chi connectivity index (χ1n) is 6.10. The van der Waals surface area contributed by atoms with Crippen LogP contribution in [0, 0.1) is 0 Å². The van der Waals surface area contributed by atoms with Gasteiger partial charge in [-0.2, -0.15) is 0 Å². The van der Waals surface area contributed by atoms with E-state index in [1.54, 1.807) is 13.8 Å². The molecule has 4 heteroatoms. The van der Waals surface area contributed by atoms with Gasteiger partial charge in [-0.15, -0.1) is 0 Å². The molecule has 0 spiro atoms. The third-order valence-electron chi connectivity index (χ3n) is 2.45. The molecule has 100 valence electrons. The second-order valence-corrected chi connectivity index (χ2v) is 4.85. The lowest BCUT2D eigenvalue weighted by Gasteiger charge is -2.23. The highest BCUT2D eigenvalue weighted by Gasteiger charge is 2.18. The third kappa shape index (κ3) is 4.75. The Balaban J connectivity index is 2.61. The molecule has 0 saturated carbocycles. The van der Waals surface area contributed by atoms with Gasteiger partial charge in [-0.1, -0.05) is 12.1 Å². The van der Waals surface area contributed by atoms with E-state index in [-0.39, 0.29) is 18.9 Å². The average molecular weight is 251 g/mol. The summed E-state index contributed by atoms with van der Waals surface area (Å²) in [6.45, 7) is 6.00. The van der Waals surface area contributed by atoms with E-state index >= 15 is 0 Å². The Kier molecular flexibility index (Phi) is 5.16. The predicted molar refractivity (Wildman–Crippen MR) is 70.6 cm³/mol. The Morgan fingerprint density at radius 3 is 2.78 bits per heavy atom. The Morgan fingerprint density at radius 1 is 1.44 bits per heavy atom. The van der Waals surface area contributed by atoms with Gasteiger partial charge in [0.05, 0.1) is 25.2 Å². The van der Waals surface area contributed by atoms with Gasteiger partial charge in [0.15, 0.2) is 0 Å². The van der Waals surface area contributed by atoms with E-state index < -0.39 is 5.54 Å². The van der Waals surface area contributed by atoms with Crippen molar-refractivity contribution in [2.45, 2.75) is 32.7 Å². The number of aliphatic hydroxyl groups excluding tert-OH is 1. The molecule has 1 amide bonds. The zero-order chi connectivity index (χ0) is 13.6. The van der Waals surface area contributed by atoms with Crippen molar-refractivity contribution in [3.8, 4) is 5.75 Å². The number of aliphatic hydroxyl groups is 1. The highest BCUT2D eigenvalue weighted by atomic mass is 16.5. The molecule has 0 bridgehead atoms. The fourth-order valence-corrected chi connectivity index (χ4v) is 1.56.